The molecule has 0 atom stereocenters. The van der Waals surface area contributed by atoms with Gasteiger partial charge in [0.15, 0.2) is 21.3 Å². The number of ether oxygens (including phenoxy) is 2. The number of hydrogen-bond acceptors (Lipinski definition) is 7. The third kappa shape index (κ3) is 7.51. The number of fused-ring (bicyclic) bond motifs is 2. The zero-order valence-corrected chi connectivity index (χ0v) is 23.9. The zero-order valence-electron chi connectivity index (χ0n) is 23.1. The van der Waals surface area contributed by atoms with Crippen molar-refractivity contribution in [3.05, 3.63) is 48.0 Å². The van der Waals surface area contributed by atoms with Crippen LogP contribution in [0.5, 0.6) is 11.5 Å². The van der Waals surface area contributed by atoms with Gasteiger partial charge in [-0.25, -0.2) is 8.42 Å². The Morgan fingerprint density at radius 3 is 2.44 bits per heavy atom. The van der Waals surface area contributed by atoms with E-state index in [-0.39, 0.29) is 28.9 Å². The van der Waals surface area contributed by atoms with Crippen molar-refractivity contribution in [1.29, 1.82) is 0 Å². The van der Waals surface area contributed by atoms with Crippen LogP contribution < -0.4 is 14.4 Å². The van der Waals surface area contributed by atoms with E-state index in [0.717, 1.165) is 30.8 Å². The van der Waals surface area contributed by atoms with Gasteiger partial charge in [-0.1, -0.05) is 32.0 Å². The molecule has 0 bridgehead atoms. The molecule has 4 rings (SSSR count). The largest absolute Gasteiger partial charge is 0.486 e. The third-order valence-electron chi connectivity index (χ3n) is 7.00. The van der Waals surface area contributed by atoms with Crippen LogP contribution >= 0.6 is 0 Å². The molecule has 10 heteroatoms. The Morgan fingerprint density at radius 2 is 1.69 bits per heavy atom. The van der Waals surface area contributed by atoms with E-state index in [1.54, 1.807) is 22.8 Å². The topological polar surface area (TPSA) is 96.5 Å². The van der Waals surface area contributed by atoms with Crippen molar-refractivity contribution in [2.75, 3.05) is 56.6 Å². The highest BCUT2D eigenvalue weighted by molar-refractivity contribution is 7.91. The van der Waals surface area contributed by atoms with Crippen LogP contribution in [-0.2, 0) is 26.0 Å². The second-order valence-electron chi connectivity index (χ2n) is 10.5. The van der Waals surface area contributed by atoms with Crippen molar-refractivity contribution >= 4 is 27.3 Å². The van der Waals surface area contributed by atoms with Crippen LogP contribution in [0.1, 0.15) is 39.2 Å². The van der Waals surface area contributed by atoms with Crippen molar-refractivity contribution in [3.8, 4) is 11.5 Å². The first-order chi connectivity index (χ1) is 18.6. The Kier molecular flexibility index (Phi) is 9.50. The first kappa shape index (κ1) is 28.9. The summed E-state index contributed by atoms with van der Waals surface area (Å²) in [5.41, 5.74) is 1.66. The lowest BCUT2D eigenvalue weighted by atomic mass is 10.1. The Labute approximate surface area is 231 Å². The number of sulfone groups is 1. The molecule has 2 aromatic carbocycles. The fraction of sp³-hybridized carbons (Fsp3) is 0.517. The second-order valence-corrected chi connectivity index (χ2v) is 12.6. The molecular weight excluding hydrogens is 518 g/mol. The summed E-state index contributed by atoms with van der Waals surface area (Å²) in [5.74, 6) is 0.793. The van der Waals surface area contributed by atoms with E-state index < -0.39 is 9.84 Å². The summed E-state index contributed by atoms with van der Waals surface area (Å²) in [4.78, 5) is 32.1. The van der Waals surface area contributed by atoms with Crippen LogP contribution in [0, 0.1) is 5.92 Å². The van der Waals surface area contributed by atoms with E-state index in [0.29, 0.717) is 56.8 Å². The number of benzene rings is 2. The molecule has 212 valence electrons. The molecule has 0 radical (unpaired) electrons. The lowest BCUT2D eigenvalue weighted by Gasteiger charge is -2.29. The van der Waals surface area contributed by atoms with Crippen molar-refractivity contribution in [2.45, 2.75) is 45.1 Å². The van der Waals surface area contributed by atoms with Crippen LogP contribution in [0.3, 0.4) is 0 Å². The lowest BCUT2D eigenvalue weighted by Crippen LogP contribution is -2.40. The molecule has 39 heavy (non-hydrogen) atoms. The minimum Gasteiger partial charge on any atom is -0.486 e. The van der Waals surface area contributed by atoms with Crippen LogP contribution in [0.2, 0.25) is 0 Å². The van der Waals surface area contributed by atoms with Gasteiger partial charge in [-0.15, -0.1) is 0 Å². The Hall–Kier alpha value is -3.11. The number of rotatable bonds is 6. The summed E-state index contributed by atoms with van der Waals surface area (Å²) in [6.45, 7) is 10.4. The van der Waals surface area contributed by atoms with E-state index in [2.05, 4.69) is 18.7 Å². The van der Waals surface area contributed by atoms with Crippen LogP contribution in [0.15, 0.2) is 47.4 Å². The fourth-order valence-corrected chi connectivity index (χ4v) is 6.33. The molecule has 0 aliphatic carbocycles. The maximum Gasteiger partial charge on any atom is 0.223 e. The lowest BCUT2D eigenvalue weighted by molar-refractivity contribution is -0.131. The zero-order chi connectivity index (χ0) is 28.0. The summed E-state index contributed by atoms with van der Waals surface area (Å²) < 4.78 is 37.3. The summed E-state index contributed by atoms with van der Waals surface area (Å²) >= 11 is 0. The molecule has 0 N–H and O–H groups in total. The standard InChI is InChI=1S/C29H39N3O6S/c1-22(2)20-30-12-6-13-32(23(3)33)26-8-5-4-7-24(26)21-31(15-14-30)29(34)11-18-39(35,36)25-9-10-27-28(19-25)38-17-16-37-27/h4-5,7-10,19,22H,6,11-18,20-21H2,1-3H3. The smallest absolute Gasteiger partial charge is 0.223 e. The number of anilines is 1. The quantitative estimate of drug-likeness (QED) is 0.537. The molecule has 0 saturated heterocycles. The van der Waals surface area contributed by atoms with Crippen LogP contribution in [0.25, 0.3) is 0 Å². The van der Waals surface area contributed by atoms with Crippen molar-refractivity contribution in [2.24, 2.45) is 5.92 Å². The average molecular weight is 558 g/mol. The van der Waals surface area contributed by atoms with Gasteiger partial charge >= 0.3 is 0 Å². The Morgan fingerprint density at radius 1 is 0.949 bits per heavy atom. The predicted octanol–water partition coefficient (Wildman–Crippen LogP) is 3.37. The number of amides is 2. The van der Waals surface area contributed by atoms with Gasteiger partial charge in [0.2, 0.25) is 11.8 Å². The monoisotopic (exact) mass is 557 g/mol. The molecule has 0 fully saturated rings. The van der Waals surface area contributed by atoms with Gasteiger partial charge in [0.05, 0.1) is 10.6 Å². The van der Waals surface area contributed by atoms with Gasteiger partial charge in [0.25, 0.3) is 0 Å². The average Bonchev–Trinajstić information content (AvgIpc) is 2.94. The summed E-state index contributed by atoms with van der Waals surface area (Å²) in [6, 6.07) is 12.2. The van der Waals surface area contributed by atoms with E-state index in [1.807, 2.05) is 24.3 Å². The van der Waals surface area contributed by atoms with Crippen LogP contribution in [-0.4, -0.2) is 81.7 Å². The van der Waals surface area contributed by atoms with Crippen molar-refractivity contribution in [3.63, 3.8) is 0 Å². The molecule has 2 aliphatic heterocycles. The van der Waals surface area contributed by atoms with E-state index in [9.17, 15) is 18.0 Å². The summed E-state index contributed by atoms with van der Waals surface area (Å²) in [6.07, 6.45) is 0.682. The van der Waals surface area contributed by atoms with E-state index >= 15 is 0 Å². The maximum absolute atomic E-state index is 13.5. The molecule has 2 amide bonds. The van der Waals surface area contributed by atoms with E-state index in [1.165, 1.54) is 12.1 Å². The van der Waals surface area contributed by atoms with Crippen molar-refractivity contribution < 1.29 is 27.5 Å². The highest BCUT2D eigenvalue weighted by Gasteiger charge is 2.25. The number of carbonyl (C=O) groups is 2. The number of hydrogen-bond donors (Lipinski definition) is 0. The minimum absolute atomic E-state index is 0.0412. The molecule has 0 saturated carbocycles. The fourth-order valence-electron chi connectivity index (χ4n) is 5.09. The Bertz CT molecular complexity index is 1280. The van der Waals surface area contributed by atoms with Gasteiger partial charge in [-0.2, -0.15) is 0 Å². The predicted molar refractivity (Wildman–Crippen MR) is 150 cm³/mol. The normalized spacial score (nSPS) is 16.9. The van der Waals surface area contributed by atoms with Gasteiger partial charge in [-0.3, -0.25) is 9.59 Å². The van der Waals surface area contributed by atoms with Crippen molar-refractivity contribution in [1.82, 2.24) is 9.80 Å². The number of nitrogens with zero attached hydrogens (tertiary/aromatic N) is 3. The maximum atomic E-state index is 13.5. The first-order valence-corrected chi connectivity index (χ1v) is 15.3. The highest BCUT2D eigenvalue weighted by atomic mass is 32.2. The molecule has 0 spiro atoms. The first-order valence-electron chi connectivity index (χ1n) is 13.6. The van der Waals surface area contributed by atoms with E-state index in [4.69, 9.17) is 9.47 Å². The third-order valence-corrected chi connectivity index (χ3v) is 8.71. The molecular formula is C29H39N3O6S. The molecule has 0 unspecified atom stereocenters. The summed E-state index contributed by atoms with van der Waals surface area (Å²) in [5, 5.41) is 0. The molecule has 9 nitrogen and oxygen atoms in total. The summed E-state index contributed by atoms with van der Waals surface area (Å²) in [7, 11) is -3.72. The Balaban J connectivity index is 1.54. The highest BCUT2D eigenvalue weighted by Crippen LogP contribution is 2.32. The van der Waals surface area contributed by atoms with Crippen LogP contribution in [0.4, 0.5) is 5.69 Å². The number of carbonyl (C=O) groups excluding carboxylic acids is 2. The molecule has 2 aliphatic rings. The molecule has 0 aromatic heterocycles. The SMILES string of the molecule is CC(=O)N1CCCN(CC(C)C)CCN(C(=O)CCS(=O)(=O)c2ccc3c(c2)OCCO3)Cc2ccccc21. The minimum atomic E-state index is -3.72. The van der Waals surface area contributed by atoms with Gasteiger partial charge in [0, 0.05) is 57.8 Å². The molecule has 2 aromatic rings. The number of para-hydroxylation sites is 1. The van der Waals surface area contributed by atoms with Gasteiger partial charge in [0.1, 0.15) is 13.2 Å². The van der Waals surface area contributed by atoms with Gasteiger partial charge in [-0.05, 0) is 42.6 Å². The molecule has 2 heterocycles. The second kappa shape index (κ2) is 12.8. The van der Waals surface area contributed by atoms with Gasteiger partial charge < -0.3 is 24.2 Å².